The summed E-state index contributed by atoms with van der Waals surface area (Å²) in [6, 6.07) is 11.2. The normalized spacial score (nSPS) is 11.2. The molecular weight excluding hydrogens is 358 g/mol. The van der Waals surface area contributed by atoms with Crippen molar-refractivity contribution >= 4 is 5.96 Å². The van der Waals surface area contributed by atoms with E-state index in [4.69, 9.17) is 14.2 Å². The van der Waals surface area contributed by atoms with Crippen LogP contribution in [-0.4, -0.2) is 45.5 Å². The number of phenolic OH excluding ortho intramolecular Hbond substituents is 1. The molecule has 0 bridgehead atoms. The largest absolute Gasteiger partial charge is 0.508 e. The first-order chi connectivity index (χ1) is 13.6. The van der Waals surface area contributed by atoms with Crippen LogP contribution in [0.2, 0.25) is 0 Å². The molecular formula is C21H29N3O4. The molecule has 0 aliphatic heterocycles. The number of aromatic hydroxyl groups is 1. The van der Waals surface area contributed by atoms with Crippen molar-refractivity contribution in [3.05, 3.63) is 53.1 Å². The fourth-order valence-electron chi connectivity index (χ4n) is 2.59. The number of hydrogen-bond acceptors (Lipinski definition) is 5. The Morgan fingerprint density at radius 3 is 2.43 bits per heavy atom. The van der Waals surface area contributed by atoms with E-state index in [-0.39, 0.29) is 5.75 Å². The third-order valence-electron chi connectivity index (χ3n) is 4.17. The lowest BCUT2D eigenvalue weighted by Crippen LogP contribution is -2.36. The highest BCUT2D eigenvalue weighted by Gasteiger charge is 2.08. The summed E-state index contributed by atoms with van der Waals surface area (Å²) in [6.07, 6.45) is 0. The Balaban J connectivity index is 1.97. The molecule has 28 heavy (non-hydrogen) atoms. The summed E-state index contributed by atoms with van der Waals surface area (Å²) < 4.78 is 16.1. The van der Waals surface area contributed by atoms with E-state index in [0.717, 1.165) is 22.4 Å². The predicted molar refractivity (Wildman–Crippen MR) is 110 cm³/mol. The number of aryl methyl sites for hydroxylation is 1. The molecule has 0 aromatic heterocycles. The average Bonchev–Trinajstić information content (AvgIpc) is 2.70. The van der Waals surface area contributed by atoms with Gasteiger partial charge in [-0.3, -0.25) is 4.99 Å². The van der Waals surface area contributed by atoms with Crippen LogP contribution in [0.3, 0.4) is 0 Å². The monoisotopic (exact) mass is 387 g/mol. The van der Waals surface area contributed by atoms with Crippen molar-refractivity contribution in [3.8, 4) is 17.2 Å². The van der Waals surface area contributed by atoms with Gasteiger partial charge in [-0.15, -0.1) is 0 Å². The number of benzene rings is 2. The first-order valence-corrected chi connectivity index (χ1v) is 9.09. The number of rotatable bonds is 9. The van der Waals surface area contributed by atoms with Gasteiger partial charge >= 0.3 is 0 Å². The number of guanidine groups is 1. The van der Waals surface area contributed by atoms with Crippen LogP contribution in [0.5, 0.6) is 17.2 Å². The Labute approximate surface area is 166 Å². The van der Waals surface area contributed by atoms with Crippen LogP contribution >= 0.6 is 0 Å². The SMILES string of the molecule is CN=C(NCc1cc(OC)ccc1O)NCc1ccc(C)cc1OCCOC. The molecule has 0 unspecified atom stereocenters. The van der Waals surface area contributed by atoms with E-state index in [2.05, 4.69) is 15.6 Å². The zero-order chi connectivity index (χ0) is 20.4. The summed E-state index contributed by atoms with van der Waals surface area (Å²) >= 11 is 0. The van der Waals surface area contributed by atoms with Crippen LogP contribution < -0.4 is 20.1 Å². The average molecular weight is 387 g/mol. The van der Waals surface area contributed by atoms with Crippen LogP contribution in [0, 0.1) is 6.92 Å². The van der Waals surface area contributed by atoms with Crippen molar-refractivity contribution in [2.45, 2.75) is 20.0 Å². The highest BCUT2D eigenvalue weighted by atomic mass is 16.5. The molecule has 0 fully saturated rings. The minimum absolute atomic E-state index is 0.205. The Morgan fingerprint density at radius 2 is 1.75 bits per heavy atom. The molecule has 2 aromatic rings. The second-order valence-electron chi connectivity index (χ2n) is 6.23. The van der Waals surface area contributed by atoms with Crippen LogP contribution in [0.1, 0.15) is 16.7 Å². The van der Waals surface area contributed by atoms with Crippen molar-refractivity contribution in [1.29, 1.82) is 0 Å². The molecule has 0 amide bonds. The second-order valence-corrected chi connectivity index (χ2v) is 6.23. The molecule has 0 aliphatic rings. The highest BCUT2D eigenvalue weighted by molar-refractivity contribution is 5.79. The highest BCUT2D eigenvalue weighted by Crippen LogP contribution is 2.23. The van der Waals surface area contributed by atoms with Crippen molar-refractivity contribution in [2.24, 2.45) is 4.99 Å². The molecule has 3 N–H and O–H groups in total. The maximum atomic E-state index is 10.0. The van der Waals surface area contributed by atoms with E-state index >= 15 is 0 Å². The third-order valence-corrected chi connectivity index (χ3v) is 4.17. The summed E-state index contributed by atoms with van der Waals surface area (Å²) in [5, 5.41) is 16.5. The van der Waals surface area contributed by atoms with E-state index in [1.807, 2.05) is 25.1 Å². The molecule has 7 nitrogen and oxygen atoms in total. The van der Waals surface area contributed by atoms with Crippen molar-refractivity contribution in [2.75, 3.05) is 34.5 Å². The quantitative estimate of drug-likeness (QED) is 0.348. The third kappa shape index (κ3) is 6.35. The minimum atomic E-state index is 0.205. The van der Waals surface area contributed by atoms with Gasteiger partial charge in [0.2, 0.25) is 0 Å². The van der Waals surface area contributed by atoms with Crippen LogP contribution in [0.25, 0.3) is 0 Å². The van der Waals surface area contributed by atoms with Gasteiger partial charge in [0.15, 0.2) is 5.96 Å². The van der Waals surface area contributed by atoms with Gasteiger partial charge in [0.1, 0.15) is 23.9 Å². The lowest BCUT2D eigenvalue weighted by atomic mass is 10.1. The number of phenols is 1. The smallest absolute Gasteiger partial charge is 0.191 e. The first-order valence-electron chi connectivity index (χ1n) is 9.09. The molecule has 152 valence electrons. The van der Waals surface area contributed by atoms with E-state index < -0.39 is 0 Å². The molecule has 2 aromatic carbocycles. The fourth-order valence-corrected chi connectivity index (χ4v) is 2.59. The molecule has 2 rings (SSSR count). The number of nitrogens with zero attached hydrogens (tertiary/aromatic N) is 1. The Bertz CT molecular complexity index is 793. The van der Waals surface area contributed by atoms with Gasteiger partial charge in [0, 0.05) is 38.4 Å². The molecule has 0 aliphatic carbocycles. The standard InChI is InChI=1S/C21H29N3O4/c1-15-5-6-16(20(11-15)28-10-9-26-3)13-23-21(22-2)24-14-17-12-18(27-4)7-8-19(17)25/h5-8,11-12,25H,9-10,13-14H2,1-4H3,(H2,22,23,24). The molecule has 0 atom stereocenters. The number of methoxy groups -OCH3 is 2. The Morgan fingerprint density at radius 1 is 1.00 bits per heavy atom. The zero-order valence-electron chi connectivity index (χ0n) is 16.9. The van der Waals surface area contributed by atoms with E-state index in [1.54, 1.807) is 39.5 Å². The Kier molecular flexibility index (Phi) is 8.42. The second kappa shape index (κ2) is 11.0. The van der Waals surface area contributed by atoms with Gasteiger partial charge < -0.3 is 30.0 Å². The lowest BCUT2D eigenvalue weighted by Gasteiger charge is -2.16. The summed E-state index contributed by atoms with van der Waals surface area (Å²) in [7, 11) is 4.95. The molecule has 0 saturated carbocycles. The summed E-state index contributed by atoms with van der Waals surface area (Å²) in [4.78, 5) is 4.23. The van der Waals surface area contributed by atoms with Crippen molar-refractivity contribution in [3.63, 3.8) is 0 Å². The van der Waals surface area contributed by atoms with Gasteiger partial charge in [-0.25, -0.2) is 0 Å². The fraction of sp³-hybridized carbons (Fsp3) is 0.381. The summed E-state index contributed by atoms with van der Waals surface area (Å²) in [5.74, 6) is 2.34. The van der Waals surface area contributed by atoms with Crippen molar-refractivity contribution in [1.82, 2.24) is 10.6 Å². The number of ether oxygens (including phenoxy) is 3. The molecule has 7 heteroatoms. The predicted octanol–water partition coefficient (Wildman–Crippen LogP) is 2.60. The van der Waals surface area contributed by atoms with Crippen LogP contribution in [-0.2, 0) is 17.8 Å². The summed E-state index contributed by atoms with van der Waals surface area (Å²) in [5.41, 5.74) is 2.88. The molecule has 0 radical (unpaired) electrons. The van der Waals surface area contributed by atoms with Crippen LogP contribution in [0.15, 0.2) is 41.4 Å². The maximum Gasteiger partial charge on any atom is 0.191 e. The number of aliphatic imine (C=N–C) groups is 1. The topological polar surface area (TPSA) is 84.3 Å². The minimum Gasteiger partial charge on any atom is -0.508 e. The number of nitrogens with one attached hydrogen (secondary N) is 2. The van der Waals surface area contributed by atoms with E-state index in [0.29, 0.717) is 38.0 Å². The van der Waals surface area contributed by atoms with E-state index in [1.165, 1.54) is 0 Å². The lowest BCUT2D eigenvalue weighted by molar-refractivity contribution is 0.145. The van der Waals surface area contributed by atoms with Gasteiger partial charge in [0.25, 0.3) is 0 Å². The molecule has 0 saturated heterocycles. The van der Waals surface area contributed by atoms with Gasteiger partial charge in [-0.2, -0.15) is 0 Å². The first kappa shape index (κ1) is 21.4. The zero-order valence-corrected chi connectivity index (χ0v) is 16.9. The molecule has 0 spiro atoms. The van der Waals surface area contributed by atoms with E-state index in [9.17, 15) is 5.11 Å². The molecule has 0 heterocycles. The van der Waals surface area contributed by atoms with Gasteiger partial charge in [0.05, 0.1) is 13.7 Å². The van der Waals surface area contributed by atoms with Crippen LogP contribution in [0.4, 0.5) is 0 Å². The van der Waals surface area contributed by atoms with Gasteiger partial charge in [-0.1, -0.05) is 12.1 Å². The summed E-state index contributed by atoms with van der Waals surface area (Å²) in [6.45, 7) is 4.02. The number of hydrogen-bond donors (Lipinski definition) is 3. The Hall–Kier alpha value is -2.93. The maximum absolute atomic E-state index is 10.0. The van der Waals surface area contributed by atoms with Crippen molar-refractivity contribution < 1.29 is 19.3 Å². The van der Waals surface area contributed by atoms with Gasteiger partial charge in [-0.05, 0) is 36.8 Å².